The molecule has 1 aromatic rings. The zero-order valence-electron chi connectivity index (χ0n) is 12.6. The predicted molar refractivity (Wildman–Crippen MR) is 82.3 cm³/mol. The Morgan fingerprint density at radius 3 is 2.52 bits per heavy atom. The van der Waals surface area contributed by atoms with Gasteiger partial charge in [-0.3, -0.25) is 0 Å². The third-order valence-electron chi connectivity index (χ3n) is 4.01. The van der Waals surface area contributed by atoms with E-state index in [1.165, 1.54) is 0 Å². The van der Waals surface area contributed by atoms with Crippen LogP contribution in [0.5, 0.6) is 0 Å². The lowest BCUT2D eigenvalue weighted by atomic mass is 9.96. The van der Waals surface area contributed by atoms with Crippen LogP contribution < -0.4 is 10.6 Å². The highest BCUT2D eigenvalue weighted by molar-refractivity contribution is 7.10. The second-order valence-corrected chi connectivity index (χ2v) is 7.10. The molecule has 1 aliphatic rings. The van der Waals surface area contributed by atoms with Crippen molar-refractivity contribution in [3.63, 3.8) is 0 Å². The van der Waals surface area contributed by atoms with Crippen molar-refractivity contribution < 1.29 is 14.7 Å². The number of carboxylic acid groups (broad SMARTS) is 1. The minimum atomic E-state index is -1.18. The summed E-state index contributed by atoms with van der Waals surface area (Å²) in [5.41, 5.74) is -1.18. The van der Waals surface area contributed by atoms with Crippen molar-refractivity contribution in [2.45, 2.75) is 45.2 Å². The zero-order valence-corrected chi connectivity index (χ0v) is 13.4. The number of hydrogen-bond donors (Lipinski definition) is 3. The molecule has 116 valence electrons. The number of rotatable bonds is 6. The number of hydrogen-bond acceptors (Lipinski definition) is 3. The second-order valence-electron chi connectivity index (χ2n) is 6.12. The molecule has 1 aliphatic carbocycles. The first-order chi connectivity index (χ1) is 9.84. The monoisotopic (exact) mass is 310 g/mol. The van der Waals surface area contributed by atoms with Gasteiger partial charge >= 0.3 is 12.0 Å². The Labute approximate surface area is 128 Å². The summed E-state index contributed by atoms with van der Waals surface area (Å²) in [5.74, 6) is -0.719. The maximum atomic E-state index is 12.2. The van der Waals surface area contributed by atoms with E-state index < -0.39 is 17.5 Å². The number of carbonyl (C=O) groups excluding carboxylic acids is 1. The van der Waals surface area contributed by atoms with Gasteiger partial charge in [0.25, 0.3) is 0 Å². The summed E-state index contributed by atoms with van der Waals surface area (Å²) in [6.45, 7) is 5.64. The van der Waals surface area contributed by atoms with E-state index in [9.17, 15) is 14.7 Å². The van der Waals surface area contributed by atoms with E-state index in [0.29, 0.717) is 0 Å². The minimum Gasteiger partial charge on any atom is -0.480 e. The van der Waals surface area contributed by atoms with E-state index >= 15 is 0 Å². The van der Waals surface area contributed by atoms with Crippen molar-refractivity contribution in [2.75, 3.05) is 0 Å². The highest BCUT2D eigenvalue weighted by atomic mass is 32.1. The van der Waals surface area contributed by atoms with Crippen LogP contribution in [-0.2, 0) is 4.79 Å². The molecule has 1 saturated carbocycles. The maximum absolute atomic E-state index is 12.2. The normalized spacial score (nSPS) is 18.9. The van der Waals surface area contributed by atoms with Crippen LogP contribution in [0.2, 0.25) is 0 Å². The number of carboxylic acids is 1. The molecule has 1 aromatic heterocycles. The van der Waals surface area contributed by atoms with Gasteiger partial charge in [0.2, 0.25) is 0 Å². The highest BCUT2D eigenvalue weighted by Crippen LogP contribution is 2.39. The summed E-state index contributed by atoms with van der Waals surface area (Å²) in [5, 5.41) is 16.9. The van der Waals surface area contributed by atoms with Gasteiger partial charge in [0, 0.05) is 4.88 Å². The van der Waals surface area contributed by atoms with Crippen molar-refractivity contribution in [3.8, 4) is 0 Å². The molecule has 2 rings (SSSR count). The van der Waals surface area contributed by atoms with E-state index in [1.807, 2.05) is 31.4 Å². The molecule has 2 amide bonds. The topological polar surface area (TPSA) is 78.4 Å². The maximum Gasteiger partial charge on any atom is 0.329 e. The minimum absolute atomic E-state index is 0.0278. The van der Waals surface area contributed by atoms with Crippen LogP contribution in [0.1, 0.15) is 44.5 Å². The Kier molecular flexibility index (Phi) is 4.56. The molecule has 1 fully saturated rings. The quantitative estimate of drug-likeness (QED) is 0.756. The van der Waals surface area contributed by atoms with Crippen molar-refractivity contribution in [3.05, 3.63) is 22.4 Å². The van der Waals surface area contributed by atoms with Crippen LogP contribution in [0.4, 0.5) is 4.79 Å². The van der Waals surface area contributed by atoms with E-state index in [-0.39, 0.29) is 17.9 Å². The number of aliphatic carboxylic acids is 1. The molecule has 2 atom stereocenters. The average Bonchev–Trinajstić information content (AvgIpc) is 3.12. The summed E-state index contributed by atoms with van der Waals surface area (Å²) < 4.78 is 0. The number of thiophene rings is 1. The Bertz CT molecular complexity index is 511. The summed E-state index contributed by atoms with van der Waals surface area (Å²) >= 11 is 1.59. The van der Waals surface area contributed by atoms with Crippen molar-refractivity contribution >= 4 is 23.3 Å². The fraction of sp³-hybridized carbons (Fsp3) is 0.600. The molecule has 3 N–H and O–H groups in total. The van der Waals surface area contributed by atoms with Crippen LogP contribution in [0.25, 0.3) is 0 Å². The molecule has 0 bridgehead atoms. The number of carbonyl (C=O) groups is 2. The third kappa shape index (κ3) is 3.56. The standard InChI is InChI=1S/C15H22N2O3S/c1-9(2)12(11-5-4-8-21-11)16-14(20)17-15(3,13(18)19)10-6-7-10/h4-5,8-10,12H,6-7H2,1-3H3,(H,18,19)(H2,16,17,20). The van der Waals surface area contributed by atoms with Gasteiger partial charge in [-0.2, -0.15) is 0 Å². The predicted octanol–water partition coefficient (Wildman–Crippen LogP) is 3.00. The molecule has 1 heterocycles. The van der Waals surface area contributed by atoms with Crippen molar-refractivity contribution in [1.29, 1.82) is 0 Å². The molecule has 2 unspecified atom stereocenters. The van der Waals surface area contributed by atoms with Gasteiger partial charge in [0.05, 0.1) is 6.04 Å². The second kappa shape index (κ2) is 6.05. The fourth-order valence-corrected chi connectivity index (χ4v) is 3.39. The molecule has 6 heteroatoms. The highest BCUT2D eigenvalue weighted by Gasteiger charge is 2.48. The van der Waals surface area contributed by atoms with Crippen molar-refractivity contribution in [1.82, 2.24) is 10.6 Å². The first kappa shape index (κ1) is 15.8. The van der Waals surface area contributed by atoms with Crippen LogP contribution >= 0.6 is 11.3 Å². The van der Waals surface area contributed by atoms with E-state index in [0.717, 1.165) is 17.7 Å². The van der Waals surface area contributed by atoms with Gasteiger partial charge in [-0.1, -0.05) is 19.9 Å². The number of amides is 2. The van der Waals surface area contributed by atoms with E-state index in [1.54, 1.807) is 18.3 Å². The molecule has 5 nitrogen and oxygen atoms in total. The smallest absolute Gasteiger partial charge is 0.329 e. The summed E-state index contributed by atoms with van der Waals surface area (Å²) in [4.78, 5) is 24.7. The first-order valence-electron chi connectivity index (χ1n) is 7.20. The average molecular weight is 310 g/mol. The molecule has 21 heavy (non-hydrogen) atoms. The van der Waals surface area contributed by atoms with Gasteiger partial charge in [-0.15, -0.1) is 11.3 Å². The lowest BCUT2D eigenvalue weighted by Crippen LogP contribution is -2.57. The summed E-state index contributed by atoms with van der Waals surface area (Å²) in [6, 6.07) is 3.40. The van der Waals surface area contributed by atoms with Gasteiger partial charge in [-0.05, 0) is 43.0 Å². The fourth-order valence-electron chi connectivity index (χ4n) is 2.44. The van der Waals surface area contributed by atoms with Gasteiger partial charge in [0.1, 0.15) is 5.54 Å². The van der Waals surface area contributed by atoms with Gasteiger partial charge in [0.15, 0.2) is 0 Å². The molecule has 0 aromatic carbocycles. The number of nitrogens with one attached hydrogen (secondary N) is 2. The van der Waals surface area contributed by atoms with Gasteiger partial charge < -0.3 is 15.7 Å². The largest absolute Gasteiger partial charge is 0.480 e. The van der Waals surface area contributed by atoms with Crippen molar-refractivity contribution in [2.24, 2.45) is 11.8 Å². The molecule has 0 saturated heterocycles. The number of urea groups is 1. The van der Waals surface area contributed by atoms with Crippen LogP contribution in [0.3, 0.4) is 0 Å². The van der Waals surface area contributed by atoms with Gasteiger partial charge in [-0.25, -0.2) is 9.59 Å². The first-order valence-corrected chi connectivity index (χ1v) is 8.08. The Morgan fingerprint density at radius 1 is 1.43 bits per heavy atom. The lowest BCUT2D eigenvalue weighted by molar-refractivity contribution is -0.144. The lowest BCUT2D eigenvalue weighted by Gasteiger charge is -2.28. The van der Waals surface area contributed by atoms with Crippen LogP contribution in [0, 0.1) is 11.8 Å². The molecule has 0 aliphatic heterocycles. The van der Waals surface area contributed by atoms with E-state index in [2.05, 4.69) is 10.6 Å². The summed E-state index contributed by atoms with van der Waals surface area (Å²) in [6.07, 6.45) is 1.70. The van der Waals surface area contributed by atoms with E-state index in [4.69, 9.17) is 0 Å². The molecule has 0 radical (unpaired) electrons. The SMILES string of the molecule is CC(C)C(NC(=O)NC(C)(C(=O)O)C1CC1)c1cccs1. The molecular formula is C15H22N2O3S. The Hall–Kier alpha value is -1.56. The third-order valence-corrected chi connectivity index (χ3v) is 4.97. The Balaban J connectivity index is 2.04. The zero-order chi connectivity index (χ0) is 15.6. The van der Waals surface area contributed by atoms with Crippen LogP contribution in [-0.4, -0.2) is 22.6 Å². The van der Waals surface area contributed by atoms with Crippen LogP contribution in [0.15, 0.2) is 17.5 Å². The summed E-state index contributed by atoms with van der Waals surface area (Å²) in [7, 11) is 0. The molecular weight excluding hydrogens is 288 g/mol. The molecule has 0 spiro atoms. The Morgan fingerprint density at radius 2 is 2.10 bits per heavy atom.